The van der Waals surface area contributed by atoms with E-state index in [0.717, 1.165) is 12.8 Å². The largest absolute Gasteiger partial charge is 0.481 e. The van der Waals surface area contributed by atoms with E-state index in [1.54, 1.807) is 4.90 Å². The first-order chi connectivity index (χ1) is 8.49. The molecular weight excluding hydrogens is 236 g/mol. The SMILES string of the molecule is NC(CCC(=O)O)C(=O)N1CC2CCC(O)C2C1. The minimum absolute atomic E-state index is 0.0871. The van der Waals surface area contributed by atoms with Gasteiger partial charge in [-0.1, -0.05) is 0 Å². The van der Waals surface area contributed by atoms with Crippen molar-refractivity contribution < 1.29 is 19.8 Å². The fraction of sp³-hybridized carbons (Fsp3) is 0.833. The molecule has 6 nitrogen and oxygen atoms in total. The number of aliphatic hydroxyl groups excluding tert-OH is 1. The zero-order valence-corrected chi connectivity index (χ0v) is 10.3. The van der Waals surface area contributed by atoms with Gasteiger partial charge in [0.25, 0.3) is 0 Å². The predicted molar refractivity (Wildman–Crippen MR) is 63.6 cm³/mol. The Morgan fingerprint density at radius 3 is 2.67 bits per heavy atom. The predicted octanol–water partition coefficient (Wildman–Crippen LogP) is -0.592. The Hall–Kier alpha value is -1.14. The third-order valence-electron chi connectivity index (χ3n) is 4.12. The standard InChI is InChI=1S/C12H20N2O4/c13-9(2-4-11(16)17)12(18)14-5-7-1-3-10(15)8(7)6-14/h7-10,15H,1-6,13H2,(H,16,17). The average molecular weight is 256 g/mol. The van der Waals surface area contributed by atoms with Crippen LogP contribution in [-0.4, -0.2) is 52.2 Å². The molecule has 0 aromatic heterocycles. The maximum atomic E-state index is 12.0. The van der Waals surface area contributed by atoms with Crippen molar-refractivity contribution in [3.63, 3.8) is 0 Å². The molecule has 1 amide bonds. The fourth-order valence-electron chi connectivity index (χ4n) is 3.05. The van der Waals surface area contributed by atoms with Crippen molar-refractivity contribution in [2.45, 2.75) is 37.8 Å². The van der Waals surface area contributed by atoms with Crippen LogP contribution in [0.25, 0.3) is 0 Å². The Labute approximate surface area is 106 Å². The highest BCUT2D eigenvalue weighted by Gasteiger charge is 2.43. The molecule has 2 rings (SSSR count). The van der Waals surface area contributed by atoms with E-state index >= 15 is 0 Å². The number of likely N-dealkylation sites (tertiary alicyclic amines) is 1. The number of fused-ring (bicyclic) bond motifs is 1. The quantitative estimate of drug-likeness (QED) is 0.623. The number of nitrogens with zero attached hydrogens (tertiary/aromatic N) is 1. The summed E-state index contributed by atoms with van der Waals surface area (Å²) < 4.78 is 0. The van der Waals surface area contributed by atoms with Crippen molar-refractivity contribution in [2.75, 3.05) is 13.1 Å². The van der Waals surface area contributed by atoms with Crippen LogP contribution in [0.4, 0.5) is 0 Å². The van der Waals surface area contributed by atoms with E-state index in [0.29, 0.717) is 19.0 Å². The second-order valence-electron chi connectivity index (χ2n) is 5.35. The molecule has 6 heteroatoms. The van der Waals surface area contributed by atoms with Gasteiger partial charge in [0.1, 0.15) is 0 Å². The van der Waals surface area contributed by atoms with E-state index in [9.17, 15) is 14.7 Å². The number of carbonyl (C=O) groups is 2. The van der Waals surface area contributed by atoms with E-state index < -0.39 is 12.0 Å². The van der Waals surface area contributed by atoms with Crippen LogP contribution >= 0.6 is 0 Å². The number of rotatable bonds is 4. The molecule has 18 heavy (non-hydrogen) atoms. The van der Waals surface area contributed by atoms with Gasteiger partial charge in [-0.3, -0.25) is 9.59 Å². The van der Waals surface area contributed by atoms with E-state index in [4.69, 9.17) is 10.8 Å². The lowest BCUT2D eigenvalue weighted by molar-refractivity contribution is -0.137. The van der Waals surface area contributed by atoms with Crippen molar-refractivity contribution in [2.24, 2.45) is 17.6 Å². The molecule has 2 aliphatic rings. The molecule has 102 valence electrons. The minimum atomic E-state index is -0.938. The van der Waals surface area contributed by atoms with Crippen molar-refractivity contribution in [3.05, 3.63) is 0 Å². The van der Waals surface area contributed by atoms with E-state index in [-0.39, 0.29) is 30.8 Å². The van der Waals surface area contributed by atoms with Gasteiger partial charge in [0, 0.05) is 25.4 Å². The van der Waals surface area contributed by atoms with Gasteiger partial charge < -0.3 is 20.8 Å². The van der Waals surface area contributed by atoms with E-state index in [2.05, 4.69) is 0 Å². The van der Waals surface area contributed by atoms with Gasteiger partial charge in [0.2, 0.25) is 5.91 Å². The first kappa shape index (κ1) is 13.3. The van der Waals surface area contributed by atoms with E-state index in [1.807, 2.05) is 0 Å². The van der Waals surface area contributed by atoms with Crippen LogP contribution in [0.5, 0.6) is 0 Å². The molecule has 0 radical (unpaired) electrons. The number of nitrogens with two attached hydrogens (primary N) is 1. The third kappa shape index (κ3) is 2.64. The first-order valence-electron chi connectivity index (χ1n) is 6.43. The maximum absolute atomic E-state index is 12.0. The molecule has 4 atom stereocenters. The molecule has 4 N–H and O–H groups in total. The van der Waals surface area contributed by atoms with Crippen LogP contribution in [0.1, 0.15) is 25.7 Å². The summed E-state index contributed by atoms with van der Waals surface area (Å²) in [5.41, 5.74) is 5.71. The number of carboxylic acids is 1. The summed E-state index contributed by atoms with van der Waals surface area (Å²) in [5, 5.41) is 18.3. The van der Waals surface area contributed by atoms with Gasteiger partial charge in [-0.2, -0.15) is 0 Å². The van der Waals surface area contributed by atoms with Crippen molar-refractivity contribution in [3.8, 4) is 0 Å². The molecule has 0 spiro atoms. The molecule has 0 aromatic carbocycles. The third-order valence-corrected chi connectivity index (χ3v) is 4.12. The summed E-state index contributed by atoms with van der Waals surface area (Å²) in [4.78, 5) is 24.1. The van der Waals surface area contributed by atoms with E-state index in [1.165, 1.54) is 0 Å². The number of hydrogen-bond donors (Lipinski definition) is 3. The van der Waals surface area contributed by atoms with Crippen molar-refractivity contribution in [1.29, 1.82) is 0 Å². The summed E-state index contributed by atoms with van der Waals surface area (Å²) in [7, 11) is 0. The highest BCUT2D eigenvalue weighted by molar-refractivity contribution is 5.82. The number of aliphatic hydroxyl groups is 1. The van der Waals surface area contributed by atoms with Gasteiger partial charge in [-0.25, -0.2) is 0 Å². The number of carboxylic acid groups (broad SMARTS) is 1. The number of carbonyl (C=O) groups excluding carboxylic acids is 1. The first-order valence-corrected chi connectivity index (χ1v) is 6.43. The average Bonchev–Trinajstić information content (AvgIpc) is 2.88. The topological polar surface area (TPSA) is 104 Å². The zero-order valence-electron chi connectivity index (χ0n) is 10.3. The smallest absolute Gasteiger partial charge is 0.303 e. The molecule has 1 saturated carbocycles. The maximum Gasteiger partial charge on any atom is 0.303 e. The number of aliphatic carboxylic acids is 1. The Morgan fingerprint density at radius 2 is 2.06 bits per heavy atom. The summed E-state index contributed by atoms with van der Waals surface area (Å²) in [6, 6.07) is -0.739. The summed E-state index contributed by atoms with van der Waals surface area (Å²) >= 11 is 0. The minimum Gasteiger partial charge on any atom is -0.481 e. The lowest BCUT2D eigenvalue weighted by Gasteiger charge is -2.22. The van der Waals surface area contributed by atoms with Crippen LogP contribution in [0.2, 0.25) is 0 Å². The van der Waals surface area contributed by atoms with Crippen molar-refractivity contribution >= 4 is 11.9 Å². The molecule has 1 aliphatic carbocycles. The number of hydrogen-bond acceptors (Lipinski definition) is 4. The summed E-state index contributed by atoms with van der Waals surface area (Å²) in [6.07, 6.45) is 1.56. The molecule has 0 aromatic rings. The van der Waals surface area contributed by atoms with Crippen LogP contribution in [0.15, 0.2) is 0 Å². The Morgan fingerprint density at radius 1 is 1.33 bits per heavy atom. The lowest BCUT2D eigenvalue weighted by Crippen LogP contribution is -2.43. The number of amides is 1. The highest BCUT2D eigenvalue weighted by Crippen LogP contribution is 2.38. The molecular formula is C12H20N2O4. The molecule has 1 heterocycles. The Bertz CT molecular complexity index is 347. The monoisotopic (exact) mass is 256 g/mol. The van der Waals surface area contributed by atoms with Gasteiger partial charge >= 0.3 is 5.97 Å². The summed E-state index contributed by atoms with van der Waals surface area (Å²) in [5.74, 6) is -0.555. The molecule has 1 saturated heterocycles. The lowest BCUT2D eigenvalue weighted by atomic mass is 10.00. The molecule has 4 unspecified atom stereocenters. The molecule has 2 fully saturated rings. The fourth-order valence-corrected chi connectivity index (χ4v) is 3.05. The zero-order chi connectivity index (χ0) is 13.3. The van der Waals surface area contributed by atoms with Gasteiger partial charge in [0.05, 0.1) is 12.1 Å². The van der Waals surface area contributed by atoms with Crippen LogP contribution in [0.3, 0.4) is 0 Å². The van der Waals surface area contributed by atoms with Gasteiger partial charge in [0.15, 0.2) is 0 Å². The van der Waals surface area contributed by atoms with Gasteiger partial charge in [-0.05, 0) is 25.2 Å². The second-order valence-corrected chi connectivity index (χ2v) is 5.35. The van der Waals surface area contributed by atoms with Crippen LogP contribution < -0.4 is 5.73 Å². The van der Waals surface area contributed by atoms with Gasteiger partial charge in [-0.15, -0.1) is 0 Å². The summed E-state index contributed by atoms with van der Waals surface area (Å²) in [6.45, 7) is 1.22. The Kier molecular flexibility index (Phi) is 3.87. The molecule has 0 bridgehead atoms. The van der Waals surface area contributed by atoms with Crippen LogP contribution in [-0.2, 0) is 9.59 Å². The normalized spacial score (nSPS) is 32.3. The Balaban J connectivity index is 1.85. The highest BCUT2D eigenvalue weighted by atomic mass is 16.4. The molecule has 1 aliphatic heterocycles. The van der Waals surface area contributed by atoms with Crippen LogP contribution in [0, 0.1) is 11.8 Å². The van der Waals surface area contributed by atoms with Crippen molar-refractivity contribution in [1.82, 2.24) is 4.90 Å². The second kappa shape index (κ2) is 5.24.